The highest BCUT2D eigenvalue weighted by Gasteiger charge is 2.20. The first-order valence-corrected chi connectivity index (χ1v) is 9.15. The van der Waals surface area contributed by atoms with Crippen LogP contribution in [-0.4, -0.2) is 57.8 Å². The van der Waals surface area contributed by atoms with Crippen LogP contribution in [0.2, 0.25) is 0 Å². The zero-order valence-corrected chi connectivity index (χ0v) is 13.1. The van der Waals surface area contributed by atoms with Gasteiger partial charge < -0.3 is 10.2 Å². The Balaban J connectivity index is 2.07. The highest BCUT2D eigenvalue weighted by atomic mass is 32.2. The van der Waals surface area contributed by atoms with Crippen LogP contribution < -0.4 is 10.0 Å². The number of sulfonamides is 1. The summed E-state index contributed by atoms with van der Waals surface area (Å²) in [6.07, 6.45) is 4.29. The molecular weight excluding hydrogens is 262 g/mol. The van der Waals surface area contributed by atoms with E-state index in [2.05, 4.69) is 28.8 Å². The van der Waals surface area contributed by atoms with Gasteiger partial charge in [-0.2, -0.15) is 0 Å². The molecule has 1 fully saturated rings. The van der Waals surface area contributed by atoms with Crippen molar-refractivity contribution in [3.8, 4) is 0 Å². The van der Waals surface area contributed by atoms with Gasteiger partial charge in [-0.1, -0.05) is 13.8 Å². The zero-order chi connectivity index (χ0) is 14.1. The molecule has 0 aromatic rings. The van der Waals surface area contributed by atoms with E-state index in [9.17, 15) is 8.42 Å². The molecule has 0 spiro atoms. The number of likely N-dealkylation sites (N-methyl/N-ethyl adjacent to an activating group) is 1. The van der Waals surface area contributed by atoms with Crippen molar-refractivity contribution in [2.24, 2.45) is 0 Å². The molecule has 0 aliphatic heterocycles. The lowest BCUT2D eigenvalue weighted by Crippen LogP contribution is -2.36. The van der Waals surface area contributed by atoms with Crippen LogP contribution in [-0.2, 0) is 10.0 Å². The molecule has 0 heterocycles. The maximum atomic E-state index is 11.8. The molecule has 0 radical (unpaired) electrons. The summed E-state index contributed by atoms with van der Waals surface area (Å²) in [5.74, 6) is 0.229. The van der Waals surface area contributed by atoms with Gasteiger partial charge >= 0.3 is 0 Å². The molecule has 5 nitrogen and oxygen atoms in total. The van der Waals surface area contributed by atoms with Crippen molar-refractivity contribution < 1.29 is 8.42 Å². The molecule has 6 heteroatoms. The summed E-state index contributed by atoms with van der Waals surface area (Å²) in [7, 11) is -3.09. The fourth-order valence-electron chi connectivity index (χ4n) is 2.03. The molecule has 0 aromatic carbocycles. The summed E-state index contributed by atoms with van der Waals surface area (Å²) in [5.41, 5.74) is 0. The number of rotatable bonds is 12. The molecule has 1 saturated carbocycles. The topological polar surface area (TPSA) is 61.4 Å². The lowest BCUT2D eigenvalue weighted by molar-refractivity contribution is 0.293. The molecule has 114 valence electrons. The van der Waals surface area contributed by atoms with Gasteiger partial charge in [0.05, 0.1) is 5.75 Å². The van der Waals surface area contributed by atoms with Gasteiger partial charge in [-0.25, -0.2) is 13.1 Å². The van der Waals surface area contributed by atoms with E-state index in [1.54, 1.807) is 0 Å². The Kier molecular flexibility index (Phi) is 7.90. The molecule has 0 bridgehead atoms. The van der Waals surface area contributed by atoms with Gasteiger partial charge in [0.15, 0.2) is 0 Å². The molecule has 1 aliphatic carbocycles. The Morgan fingerprint density at radius 1 is 1.16 bits per heavy atom. The molecule has 2 N–H and O–H groups in total. The summed E-state index contributed by atoms with van der Waals surface area (Å²) >= 11 is 0. The van der Waals surface area contributed by atoms with E-state index in [4.69, 9.17) is 0 Å². The van der Waals surface area contributed by atoms with E-state index in [-0.39, 0.29) is 5.75 Å². The Morgan fingerprint density at radius 2 is 1.89 bits per heavy atom. The van der Waals surface area contributed by atoms with Crippen molar-refractivity contribution in [3.63, 3.8) is 0 Å². The van der Waals surface area contributed by atoms with Gasteiger partial charge in [0.1, 0.15) is 0 Å². The minimum atomic E-state index is -3.09. The first kappa shape index (κ1) is 16.9. The van der Waals surface area contributed by atoms with Crippen LogP contribution in [0, 0.1) is 0 Å². The van der Waals surface area contributed by atoms with Crippen molar-refractivity contribution >= 4 is 10.0 Å². The first-order chi connectivity index (χ1) is 9.07. The molecule has 1 rings (SSSR count). The van der Waals surface area contributed by atoms with E-state index in [1.807, 2.05) is 0 Å². The summed E-state index contributed by atoms with van der Waals surface area (Å²) < 4.78 is 26.2. The van der Waals surface area contributed by atoms with Crippen LogP contribution in [0.25, 0.3) is 0 Å². The molecule has 19 heavy (non-hydrogen) atoms. The SMILES string of the molecule is CCCN(CC)CCNS(=O)(=O)CCCNC1CC1. The predicted molar refractivity (Wildman–Crippen MR) is 79.8 cm³/mol. The van der Waals surface area contributed by atoms with Gasteiger partial charge in [0.25, 0.3) is 0 Å². The van der Waals surface area contributed by atoms with Crippen molar-refractivity contribution in [1.29, 1.82) is 0 Å². The van der Waals surface area contributed by atoms with Crippen LogP contribution in [0.4, 0.5) is 0 Å². The summed E-state index contributed by atoms with van der Waals surface area (Å²) in [4.78, 5) is 2.26. The lowest BCUT2D eigenvalue weighted by Gasteiger charge is -2.19. The average Bonchev–Trinajstić information content (AvgIpc) is 3.17. The van der Waals surface area contributed by atoms with Gasteiger partial charge in [-0.15, -0.1) is 0 Å². The third-order valence-corrected chi connectivity index (χ3v) is 4.81. The van der Waals surface area contributed by atoms with E-state index >= 15 is 0 Å². The van der Waals surface area contributed by atoms with Crippen molar-refractivity contribution in [1.82, 2.24) is 14.9 Å². The quantitative estimate of drug-likeness (QED) is 0.522. The minimum Gasteiger partial charge on any atom is -0.314 e. The maximum absolute atomic E-state index is 11.8. The minimum absolute atomic E-state index is 0.229. The van der Waals surface area contributed by atoms with E-state index in [0.717, 1.165) is 32.6 Å². The standard InChI is InChI=1S/C13H29N3O2S/c1-3-10-16(4-2)11-9-15-19(17,18)12-5-8-14-13-6-7-13/h13-15H,3-12H2,1-2H3. The molecular formula is C13H29N3O2S. The Morgan fingerprint density at radius 3 is 2.47 bits per heavy atom. The van der Waals surface area contributed by atoms with E-state index in [1.165, 1.54) is 12.8 Å². The molecule has 1 aliphatic rings. The molecule has 0 aromatic heterocycles. The van der Waals surface area contributed by atoms with E-state index < -0.39 is 10.0 Å². The van der Waals surface area contributed by atoms with Gasteiger partial charge in [-0.05, 0) is 45.3 Å². The van der Waals surface area contributed by atoms with Crippen LogP contribution in [0.1, 0.15) is 39.5 Å². The Hall–Kier alpha value is -0.170. The highest BCUT2D eigenvalue weighted by molar-refractivity contribution is 7.89. The number of nitrogens with zero attached hydrogens (tertiary/aromatic N) is 1. The van der Waals surface area contributed by atoms with Crippen molar-refractivity contribution in [3.05, 3.63) is 0 Å². The van der Waals surface area contributed by atoms with Gasteiger partial charge in [0, 0.05) is 19.1 Å². The van der Waals surface area contributed by atoms with Crippen LogP contribution >= 0.6 is 0 Å². The number of hydrogen-bond donors (Lipinski definition) is 2. The van der Waals surface area contributed by atoms with Crippen LogP contribution in [0.3, 0.4) is 0 Å². The summed E-state index contributed by atoms with van der Waals surface area (Å²) in [6.45, 7) is 8.37. The second-order valence-corrected chi connectivity index (χ2v) is 7.16. The largest absolute Gasteiger partial charge is 0.314 e. The fraction of sp³-hybridized carbons (Fsp3) is 1.00. The van der Waals surface area contributed by atoms with Gasteiger partial charge in [0.2, 0.25) is 10.0 Å². The third kappa shape index (κ3) is 8.57. The highest BCUT2D eigenvalue weighted by Crippen LogP contribution is 2.18. The molecule has 0 atom stereocenters. The average molecular weight is 291 g/mol. The Bertz CT molecular complexity index is 329. The normalized spacial score (nSPS) is 16.2. The summed E-state index contributed by atoms with van der Waals surface area (Å²) in [5, 5.41) is 3.33. The summed E-state index contributed by atoms with van der Waals surface area (Å²) in [6, 6.07) is 0.655. The van der Waals surface area contributed by atoms with E-state index in [0.29, 0.717) is 19.0 Å². The monoisotopic (exact) mass is 291 g/mol. The number of nitrogens with one attached hydrogen (secondary N) is 2. The van der Waals surface area contributed by atoms with Crippen LogP contribution in [0.15, 0.2) is 0 Å². The smallest absolute Gasteiger partial charge is 0.211 e. The predicted octanol–water partition coefficient (Wildman–Crippen LogP) is 0.780. The zero-order valence-electron chi connectivity index (χ0n) is 12.3. The maximum Gasteiger partial charge on any atom is 0.211 e. The van der Waals surface area contributed by atoms with Crippen LogP contribution in [0.5, 0.6) is 0 Å². The van der Waals surface area contributed by atoms with Gasteiger partial charge in [-0.3, -0.25) is 0 Å². The molecule has 0 saturated heterocycles. The number of hydrogen-bond acceptors (Lipinski definition) is 4. The Labute approximate surface area is 118 Å². The molecule has 0 amide bonds. The molecule has 0 unspecified atom stereocenters. The first-order valence-electron chi connectivity index (χ1n) is 7.50. The second-order valence-electron chi connectivity index (χ2n) is 5.23. The van der Waals surface area contributed by atoms with Crippen molar-refractivity contribution in [2.45, 2.75) is 45.6 Å². The third-order valence-electron chi connectivity index (χ3n) is 3.34. The lowest BCUT2D eigenvalue weighted by atomic mass is 10.4. The van der Waals surface area contributed by atoms with Crippen molar-refractivity contribution in [2.75, 3.05) is 38.5 Å². The second kappa shape index (κ2) is 8.89. The fourth-order valence-corrected chi connectivity index (χ4v) is 3.10.